The van der Waals surface area contributed by atoms with Crippen LogP contribution in [0.2, 0.25) is 0 Å². The summed E-state index contributed by atoms with van der Waals surface area (Å²) in [4.78, 5) is 12.2. The van der Waals surface area contributed by atoms with Crippen LogP contribution in [0.3, 0.4) is 0 Å². The van der Waals surface area contributed by atoms with Gasteiger partial charge < -0.3 is 18.9 Å². The number of ketones is 1. The van der Waals surface area contributed by atoms with Crippen LogP contribution in [0.25, 0.3) is 6.08 Å². The summed E-state index contributed by atoms with van der Waals surface area (Å²) in [6, 6.07) is 12.7. The number of rotatable bonds is 6. The Morgan fingerprint density at radius 1 is 1.12 bits per heavy atom. The molecule has 0 saturated carbocycles. The highest BCUT2D eigenvalue weighted by Crippen LogP contribution is 2.32. The van der Waals surface area contributed by atoms with Crippen molar-refractivity contribution in [2.45, 2.75) is 6.10 Å². The molecule has 122 valence electrons. The van der Waals surface area contributed by atoms with Crippen molar-refractivity contribution in [3.8, 4) is 17.2 Å². The van der Waals surface area contributed by atoms with Crippen molar-refractivity contribution >= 4 is 11.9 Å². The highest BCUT2D eigenvalue weighted by atomic mass is 16.7. The lowest BCUT2D eigenvalue weighted by molar-refractivity contribution is 0.104. The Morgan fingerprint density at radius 2 is 1.92 bits per heavy atom. The van der Waals surface area contributed by atoms with Crippen molar-refractivity contribution in [3.05, 3.63) is 59.7 Å². The largest absolute Gasteiger partial charge is 0.491 e. The number of carbonyl (C=O) groups is 1. The molecular weight excluding hydrogens is 308 g/mol. The number of fused-ring (bicyclic) bond motifs is 1. The Hall–Kier alpha value is -2.79. The fourth-order valence-electron chi connectivity index (χ4n) is 2.35. The normalized spacial score (nSPS) is 17.9. The van der Waals surface area contributed by atoms with E-state index in [4.69, 9.17) is 18.9 Å². The zero-order valence-corrected chi connectivity index (χ0v) is 12.9. The van der Waals surface area contributed by atoms with Crippen molar-refractivity contribution < 1.29 is 23.7 Å². The molecule has 5 nitrogen and oxygen atoms in total. The standard InChI is InChI=1S/C19H16O5/c20-17(7-1-13-2-8-18-19(9-13)24-12-23-18)14-3-5-15(6-4-14)21-10-16-11-22-16/h1-9,16H,10-12H2/b7-1+. The summed E-state index contributed by atoms with van der Waals surface area (Å²) in [6.07, 6.45) is 3.53. The van der Waals surface area contributed by atoms with E-state index in [1.165, 1.54) is 0 Å². The second-order valence-corrected chi connectivity index (χ2v) is 5.60. The third kappa shape index (κ3) is 3.41. The molecule has 2 aromatic carbocycles. The van der Waals surface area contributed by atoms with Gasteiger partial charge in [0.1, 0.15) is 18.5 Å². The molecule has 1 fully saturated rings. The molecular formula is C19H16O5. The van der Waals surface area contributed by atoms with Gasteiger partial charge in [0, 0.05) is 5.56 Å². The minimum Gasteiger partial charge on any atom is -0.491 e. The first kappa shape index (κ1) is 14.8. The summed E-state index contributed by atoms with van der Waals surface area (Å²) in [5.74, 6) is 2.10. The smallest absolute Gasteiger partial charge is 0.231 e. The van der Waals surface area contributed by atoms with Gasteiger partial charge in [0.25, 0.3) is 0 Å². The quantitative estimate of drug-likeness (QED) is 0.464. The van der Waals surface area contributed by atoms with E-state index in [0.29, 0.717) is 17.9 Å². The number of hydrogen-bond acceptors (Lipinski definition) is 5. The summed E-state index contributed by atoms with van der Waals surface area (Å²) in [5.41, 5.74) is 1.50. The van der Waals surface area contributed by atoms with Crippen LogP contribution >= 0.6 is 0 Å². The molecule has 2 aliphatic rings. The molecule has 0 bridgehead atoms. The van der Waals surface area contributed by atoms with Crippen molar-refractivity contribution in [1.29, 1.82) is 0 Å². The lowest BCUT2D eigenvalue weighted by Crippen LogP contribution is -2.04. The predicted octanol–water partition coefficient (Wildman–Crippen LogP) is 3.09. The van der Waals surface area contributed by atoms with Crippen LogP contribution in [0.15, 0.2) is 48.5 Å². The molecule has 2 aliphatic heterocycles. The van der Waals surface area contributed by atoms with Gasteiger partial charge in [0.15, 0.2) is 17.3 Å². The van der Waals surface area contributed by atoms with Crippen molar-refractivity contribution in [1.82, 2.24) is 0 Å². The molecule has 24 heavy (non-hydrogen) atoms. The Kier molecular flexibility index (Phi) is 3.92. The third-order valence-corrected chi connectivity index (χ3v) is 3.80. The highest BCUT2D eigenvalue weighted by molar-refractivity contribution is 6.06. The van der Waals surface area contributed by atoms with Crippen LogP contribution in [0, 0.1) is 0 Å². The molecule has 5 heteroatoms. The van der Waals surface area contributed by atoms with Gasteiger partial charge >= 0.3 is 0 Å². The maximum absolute atomic E-state index is 12.2. The average Bonchev–Trinajstić information content (AvgIpc) is 3.33. The van der Waals surface area contributed by atoms with Gasteiger partial charge in [-0.15, -0.1) is 0 Å². The Balaban J connectivity index is 1.39. The van der Waals surface area contributed by atoms with Crippen LogP contribution in [-0.4, -0.2) is 31.9 Å². The predicted molar refractivity (Wildman–Crippen MR) is 87.6 cm³/mol. The van der Waals surface area contributed by atoms with E-state index >= 15 is 0 Å². The van der Waals surface area contributed by atoms with Crippen molar-refractivity contribution in [2.24, 2.45) is 0 Å². The SMILES string of the molecule is O=C(/C=C/c1ccc2c(c1)OCO2)c1ccc(OCC2CO2)cc1. The number of carbonyl (C=O) groups excluding carboxylic acids is 1. The van der Waals surface area contributed by atoms with E-state index in [-0.39, 0.29) is 18.7 Å². The zero-order valence-electron chi connectivity index (χ0n) is 12.9. The van der Waals surface area contributed by atoms with Crippen LogP contribution in [0.5, 0.6) is 17.2 Å². The Morgan fingerprint density at radius 3 is 2.71 bits per heavy atom. The van der Waals surface area contributed by atoms with E-state index in [1.807, 2.05) is 18.2 Å². The molecule has 4 rings (SSSR count). The van der Waals surface area contributed by atoms with Gasteiger partial charge in [-0.2, -0.15) is 0 Å². The molecule has 0 aliphatic carbocycles. The van der Waals surface area contributed by atoms with Crippen molar-refractivity contribution in [3.63, 3.8) is 0 Å². The molecule has 0 spiro atoms. The molecule has 2 heterocycles. The zero-order chi connectivity index (χ0) is 16.4. The molecule has 1 atom stereocenters. The van der Waals surface area contributed by atoms with Gasteiger partial charge in [0.05, 0.1) is 6.61 Å². The number of allylic oxidation sites excluding steroid dienone is 1. The molecule has 1 unspecified atom stereocenters. The monoisotopic (exact) mass is 324 g/mol. The molecule has 0 aromatic heterocycles. The lowest BCUT2D eigenvalue weighted by Gasteiger charge is -2.04. The second kappa shape index (κ2) is 6.37. The first-order chi connectivity index (χ1) is 11.8. The van der Waals surface area contributed by atoms with E-state index < -0.39 is 0 Å². The number of benzene rings is 2. The number of hydrogen-bond donors (Lipinski definition) is 0. The first-order valence-electron chi connectivity index (χ1n) is 7.74. The van der Waals surface area contributed by atoms with E-state index in [2.05, 4.69) is 0 Å². The van der Waals surface area contributed by atoms with Gasteiger partial charge in [0.2, 0.25) is 6.79 Å². The Bertz CT molecular complexity index is 775. The fraction of sp³-hybridized carbons (Fsp3) is 0.211. The van der Waals surface area contributed by atoms with Crippen LogP contribution < -0.4 is 14.2 Å². The van der Waals surface area contributed by atoms with Crippen LogP contribution in [-0.2, 0) is 4.74 Å². The van der Waals surface area contributed by atoms with E-state index in [9.17, 15) is 4.79 Å². The fourth-order valence-corrected chi connectivity index (χ4v) is 2.35. The Labute approximate surface area is 139 Å². The summed E-state index contributed by atoms with van der Waals surface area (Å²) in [7, 11) is 0. The molecule has 0 amide bonds. The van der Waals surface area contributed by atoms with Crippen molar-refractivity contribution in [2.75, 3.05) is 20.0 Å². The summed E-state index contributed by atoms with van der Waals surface area (Å²) in [5, 5.41) is 0. The summed E-state index contributed by atoms with van der Waals surface area (Å²) in [6.45, 7) is 1.56. The third-order valence-electron chi connectivity index (χ3n) is 3.80. The number of epoxide rings is 1. The molecule has 0 radical (unpaired) electrons. The van der Waals surface area contributed by atoms with Crippen LogP contribution in [0.4, 0.5) is 0 Å². The van der Waals surface area contributed by atoms with Gasteiger partial charge in [-0.25, -0.2) is 0 Å². The first-order valence-corrected chi connectivity index (χ1v) is 7.74. The highest BCUT2D eigenvalue weighted by Gasteiger charge is 2.23. The summed E-state index contributed by atoms with van der Waals surface area (Å²) >= 11 is 0. The van der Waals surface area contributed by atoms with Gasteiger partial charge in [-0.05, 0) is 48.0 Å². The minimum absolute atomic E-state index is 0.0651. The number of ether oxygens (including phenoxy) is 4. The van der Waals surface area contributed by atoms with Crippen LogP contribution in [0.1, 0.15) is 15.9 Å². The van der Waals surface area contributed by atoms with Gasteiger partial charge in [-0.3, -0.25) is 4.79 Å². The molecule has 0 N–H and O–H groups in total. The van der Waals surface area contributed by atoms with E-state index in [1.54, 1.807) is 36.4 Å². The minimum atomic E-state index is -0.0651. The average molecular weight is 324 g/mol. The molecule has 2 aromatic rings. The van der Waals surface area contributed by atoms with Gasteiger partial charge in [-0.1, -0.05) is 12.1 Å². The lowest BCUT2D eigenvalue weighted by atomic mass is 10.1. The summed E-state index contributed by atoms with van der Waals surface area (Å²) < 4.78 is 21.2. The second-order valence-electron chi connectivity index (χ2n) is 5.60. The molecule has 1 saturated heterocycles. The van der Waals surface area contributed by atoms with E-state index in [0.717, 1.165) is 23.7 Å². The maximum atomic E-state index is 12.2. The maximum Gasteiger partial charge on any atom is 0.231 e. The topological polar surface area (TPSA) is 57.3 Å².